The Kier molecular flexibility index (Phi) is 5.68. The molecule has 26 heavy (non-hydrogen) atoms. The number of nitrogens with zero attached hydrogens (tertiary/aromatic N) is 1. The van der Waals surface area contributed by atoms with E-state index in [-0.39, 0.29) is 29.7 Å². The van der Waals surface area contributed by atoms with Gasteiger partial charge in [-0.2, -0.15) is 0 Å². The zero-order valence-electron chi connectivity index (χ0n) is 15.7. The van der Waals surface area contributed by atoms with Crippen molar-refractivity contribution in [3.8, 4) is 0 Å². The molecule has 4 atom stereocenters. The van der Waals surface area contributed by atoms with Crippen LogP contribution in [-0.4, -0.2) is 46.3 Å². The summed E-state index contributed by atoms with van der Waals surface area (Å²) in [5.74, 6) is 0.0517. The summed E-state index contributed by atoms with van der Waals surface area (Å²) in [6.45, 7) is 5.02. The largest absolute Gasteiger partial charge is 0.393 e. The van der Waals surface area contributed by atoms with E-state index in [0.717, 1.165) is 18.4 Å². The first kappa shape index (κ1) is 19.3. The van der Waals surface area contributed by atoms with Gasteiger partial charge >= 0.3 is 0 Å². The van der Waals surface area contributed by atoms with E-state index in [1.54, 1.807) is 4.90 Å². The van der Waals surface area contributed by atoms with Crippen molar-refractivity contribution in [2.24, 2.45) is 11.8 Å². The van der Waals surface area contributed by atoms with E-state index in [9.17, 15) is 19.4 Å². The standard InChI is InChI=1S/C21H30FNO3/c1-3-4-16-10-18(24)9-14(2)21(16,15-5-7-17(22)8-6-15)11-20(26)23-12-19(25)13-23/h5-8,14,16,18-19,24-25H,3-4,9-13H2,1-2H3/t14?,16?,18-,21?/m0/s1. The molecule has 5 heteroatoms. The van der Waals surface area contributed by atoms with Crippen molar-refractivity contribution < 1.29 is 19.4 Å². The van der Waals surface area contributed by atoms with Crippen LogP contribution in [-0.2, 0) is 10.2 Å². The van der Waals surface area contributed by atoms with Gasteiger partial charge in [0.05, 0.1) is 12.2 Å². The van der Waals surface area contributed by atoms with Crippen molar-refractivity contribution in [1.82, 2.24) is 4.90 Å². The number of carbonyl (C=O) groups excluding carboxylic acids is 1. The van der Waals surface area contributed by atoms with Crippen LogP contribution in [0.4, 0.5) is 4.39 Å². The molecule has 0 bridgehead atoms. The van der Waals surface area contributed by atoms with Crippen molar-refractivity contribution in [3.63, 3.8) is 0 Å². The number of hydrogen-bond donors (Lipinski definition) is 2. The SMILES string of the molecule is CCCC1C[C@@H](O)CC(C)C1(CC(=O)N1CC(O)C1)c1ccc(F)cc1. The fourth-order valence-corrected chi connectivity index (χ4v) is 5.10. The molecule has 1 aromatic carbocycles. The van der Waals surface area contributed by atoms with E-state index in [2.05, 4.69) is 13.8 Å². The fraction of sp³-hybridized carbons (Fsp3) is 0.667. The van der Waals surface area contributed by atoms with Gasteiger partial charge in [0.1, 0.15) is 5.82 Å². The van der Waals surface area contributed by atoms with E-state index in [1.165, 1.54) is 12.1 Å². The lowest BCUT2D eigenvalue weighted by Gasteiger charge is -2.52. The highest BCUT2D eigenvalue weighted by atomic mass is 19.1. The summed E-state index contributed by atoms with van der Waals surface area (Å²) >= 11 is 0. The predicted octanol–water partition coefficient (Wildman–Crippen LogP) is 2.86. The van der Waals surface area contributed by atoms with Crippen LogP contribution < -0.4 is 0 Å². The van der Waals surface area contributed by atoms with Crippen molar-refractivity contribution in [2.75, 3.05) is 13.1 Å². The van der Waals surface area contributed by atoms with Crippen molar-refractivity contribution in [2.45, 2.75) is 63.6 Å². The molecule has 0 radical (unpaired) electrons. The molecule has 1 saturated carbocycles. The Morgan fingerprint density at radius 3 is 2.42 bits per heavy atom. The Morgan fingerprint density at radius 1 is 1.19 bits per heavy atom. The number of rotatable bonds is 5. The summed E-state index contributed by atoms with van der Waals surface area (Å²) in [7, 11) is 0. The van der Waals surface area contributed by atoms with Gasteiger partial charge in [0, 0.05) is 24.9 Å². The first-order chi connectivity index (χ1) is 12.4. The molecule has 3 rings (SSSR count). The molecule has 2 fully saturated rings. The zero-order chi connectivity index (χ0) is 18.9. The minimum Gasteiger partial charge on any atom is -0.393 e. The Bertz CT molecular complexity index is 629. The molecule has 4 nitrogen and oxygen atoms in total. The molecule has 1 aliphatic carbocycles. The van der Waals surface area contributed by atoms with Crippen LogP contribution in [0.25, 0.3) is 0 Å². The highest BCUT2D eigenvalue weighted by molar-refractivity contribution is 5.79. The number of halogens is 1. The lowest BCUT2D eigenvalue weighted by molar-refractivity contribution is -0.145. The van der Waals surface area contributed by atoms with E-state index >= 15 is 0 Å². The van der Waals surface area contributed by atoms with Crippen LogP contribution in [0, 0.1) is 17.7 Å². The van der Waals surface area contributed by atoms with Gasteiger partial charge in [0.15, 0.2) is 0 Å². The van der Waals surface area contributed by atoms with Crippen molar-refractivity contribution >= 4 is 5.91 Å². The Balaban J connectivity index is 1.98. The summed E-state index contributed by atoms with van der Waals surface area (Å²) < 4.78 is 13.5. The van der Waals surface area contributed by atoms with Crippen molar-refractivity contribution in [1.29, 1.82) is 0 Å². The number of hydrogen-bond acceptors (Lipinski definition) is 3. The topological polar surface area (TPSA) is 60.8 Å². The van der Waals surface area contributed by atoms with E-state index < -0.39 is 11.5 Å². The summed E-state index contributed by atoms with van der Waals surface area (Å²) in [6, 6.07) is 6.56. The molecule has 0 spiro atoms. The predicted molar refractivity (Wildman–Crippen MR) is 98.1 cm³/mol. The van der Waals surface area contributed by atoms with E-state index in [1.807, 2.05) is 12.1 Å². The normalized spacial score (nSPS) is 32.3. The number of benzene rings is 1. The van der Waals surface area contributed by atoms with Gasteiger partial charge in [-0.1, -0.05) is 32.4 Å². The van der Waals surface area contributed by atoms with Gasteiger partial charge in [-0.3, -0.25) is 4.79 Å². The second kappa shape index (κ2) is 7.65. The maximum absolute atomic E-state index is 13.5. The van der Waals surface area contributed by atoms with Gasteiger partial charge in [-0.05, 0) is 48.8 Å². The molecule has 3 unspecified atom stereocenters. The second-order valence-corrected chi connectivity index (χ2v) is 8.19. The van der Waals surface area contributed by atoms with Gasteiger partial charge in [-0.25, -0.2) is 4.39 Å². The van der Waals surface area contributed by atoms with Gasteiger partial charge in [0.25, 0.3) is 0 Å². The molecule has 0 aromatic heterocycles. The Hall–Kier alpha value is -1.46. The zero-order valence-corrected chi connectivity index (χ0v) is 15.7. The monoisotopic (exact) mass is 363 g/mol. The molecule has 1 heterocycles. The van der Waals surface area contributed by atoms with Gasteiger partial charge in [-0.15, -0.1) is 0 Å². The van der Waals surface area contributed by atoms with Crippen LogP contribution in [0.15, 0.2) is 24.3 Å². The summed E-state index contributed by atoms with van der Waals surface area (Å²) in [5.41, 5.74) is 0.590. The first-order valence-corrected chi connectivity index (χ1v) is 9.76. The average molecular weight is 363 g/mol. The molecule has 1 aliphatic heterocycles. The molecule has 2 N–H and O–H groups in total. The molecule has 1 aromatic rings. The lowest BCUT2D eigenvalue weighted by atomic mass is 9.54. The fourth-order valence-electron chi connectivity index (χ4n) is 5.10. The number of aliphatic hydroxyl groups excluding tert-OH is 2. The summed E-state index contributed by atoms with van der Waals surface area (Å²) in [4.78, 5) is 14.6. The molecular weight excluding hydrogens is 333 g/mol. The third-order valence-corrected chi connectivity index (χ3v) is 6.47. The highest BCUT2D eigenvalue weighted by Gasteiger charge is 2.50. The number of carbonyl (C=O) groups is 1. The third-order valence-electron chi connectivity index (χ3n) is 6.47. The lowest BCUT2D eigenvalue weighted by Crippen LogP contribution is -2.57. The number of β-amino-alcohol motifs (C(OH)–C–C–N with tert-alkyl or cyclic N) is 1. The van der Waals surface area contributed by atoms with Gasteiger partial charge < -0.3 is 15.1 Å². The van der Waals surface area contributed by atoms with Gasteiger partial charge in [0.2, 0.25) is 5.91 Å². The van der Waals surface area contributed by atoms with Crippen LogP contribution in [0.5, 0.6) is 0 Å². The molecular formula is C21H30FNO3. The maximum atomic E-state index is 13.5. The molecule has 1 amide bonds. The van der Waals surface area contributed by atoms with Crippen LogP contribution >= 0.6 is 0 Å². The molecule has 144 valence electrons. The summed E-state index contributed by atoms with van der Waals surface area (Å²) in [6.07, 6.45) is 2.80. The average Bonchev–Trinajstić information content (AvgIpc) is 2.56. The smallest absolute Gasteiger partial charge is 0.223 e. The second-order valence-electron chi connectivity index (χ2n) is 8.19. The Morgan fingerprint density at radius 2 is 1.85 bits per heavy atom. The van der Waals surface area contributed by atoms with E-state index in [0.29, 0.717) is 32.4 Å². The number of likely N-dealkylation sites (tertiary alicyclic amines) is 1. The van der Waals surface area contributed by atoms with E-state index in [4.69, 9.17) is 0 Å². The van der Waals surface area contributed by atoms with Crippen LogP contribution in [0.1, 0.15) is 51.5 Å². The number of amides is 1. The number of aliphatic hydroxyl groups is 2. The Labute approximate surface area is 155 Å². The minimum absolute atomic E-state index is 0.0453. The minimum atomic E-state index is -0.419. The third kappa shape index (κ3) is 3.52. The van der Waals surface area contributed by atoms with Crippen molar-refractivity contribution in [3.05, 3.63) is 35.6 Å². The highest BCUT2D eigenvalue weighted by Crippen LogP contribution is 2.52. The molecule has 2 aliphatic rings. The molecule has 1 saturated heterocycles. The maximum Gasteiger partial charge on any atom is 0.223 e. The van der Waals surface area contributed by atoms with Crippen LogP contribution in [0.2, 0.25) is 0 Å². The summed E-state index contributed by atoms with van der Waals surface area (Å²) in [5, 5.41) is 19.9. The first-order valence-electron chi connectivity index (χ1n) is 9.76. The van der Waals surface area contributed by atoms with Crippen LogP contribution in [0.3, 0.4) is 0 Å². The quantitative estimate of drug-likeness (QED) is 0.846.